The van der Waals surface area contributed by atoms with Gasteiger partial charge in [0.1, 0.15) is 17.9 Å². The molecule has 0 unspecified atom stereocenters. The molecule has 2 aromatic carbocycles. The standard InChI is InChI=1S/C32H43ClN7O2P/c1-38-16-18-40(19-17-38)23-12-14-39(15-13-23)24-9-11-27(29(20-24)42-2)36-32-34-21-26(33)31(37-32)35-28-10-8-22-6-5-7-25(22)30(28)43(3,4)41/h8-11,20-21,23H,5-7,12-19H2,1-4H3,(H2,34,35,36,37). The first kappa shape index (κ1) is 30.2. The summed E-state index contributed by atoms with van der Waals surface area (Å²) in [6, 6.07) is 11.0. The van der Waals surface area contributed by atoms with Crippen LogP contribution < -0.4 is 25.6 Å². The van der Waals surface area contributed by atoms with E-state index in [9.17, 15) is 4.57 Å². The molecular formula is C32H43ClN7O2P. The van der Waals surface area contributed by atoms with Gasteiger partial charge in [-0.05, 0) is 81.8 Å². The zero-order chi connectivity index (χ0) is 30.1. The normalized spacial score (nSPS) is 18.5. The Morgan fingerprint density at radius 1 is 0.977 bits per heavy atom. The van der Waals surface area contributed by atoms with Crippen LogP contribution in [0.25, 0.3) is 0 Å². The third-order valence-electron chi connectivity index (χ3n) is 9.10. The zero-order valence-corrected chi connectivity index (χ0v) is 27.3. The number of piperidine rings is 1. The molecule has 2 fully saturated rings. The first-order valence-electron chi connectivity index (χ1n) is 15.3. The molecule has 0 amide bonds. The van der Waals surface area contributed by atoms with Crippen LogP contribution in [0.15, 0.2) is 36.5 Å². The predicted octanol–water partition coefficient (Wildman–Crippen LogP) is 5.58. The minimum absolute atomic E-state index is 0.390. The number of hydrogen-bond donors (Lipinski definition) is 2. The quantitative estimate of drug-likeness (QED) is 0.312. The minimum Gasteiger partial charge on any atom is -0.494 e. The van der Waals surface area contributed by atoms with E-state index in [0.29, 0.717) is 22.8 Å². The lowest BCUT2D eigenvalue weighted by molar-refractivity contribution is 0.0982. The molecule has 3 heterocycles. The summed E-state index contributed by atoms with van der Waals surface area (Å²) in [6.07, 6.45) is 7.00. The molecule has 43 heavy (non-hydrogen) atoms. The van der Waals surface area contributed by atoms with E-state index in [2.05, 4.69) is 55.6 Å². The van der Waals surface area contributed by atoms with Gasteiger partial charge in [-0.2, -0.15) is 4.98 Å². The SMILES string of the molecule is COc1cc(N2CCC(N3CCN(C)CC3)CC2)ccc1Nc1ncc(Cl)c(Nc2ccc3c(c2P(C)(C)=O)CCC3)n1. The molecule has 0 bridgehead atoms. The fraction of sp³-hybridized carbons (Fsp3) is 0.500. The summed E-state index contributed by atoms with van der Waals surface area (Å²) in [6.45, 7) is 10.4. The number of piperazine rings is 1. The smallest absolute Gasteiger partial charge is 0.229 e. The number of fused-ring (bicyclic) bond motifs is 1. The van der Waals surface area contributed by atoms with E-state index < -0.39 is 7.14 Å². The average molecular weight is 624 g/mol. The molecule has 0 saturated carbocycles. The molecule has 0 spiro atoms. The minimum atomic E-state index is -2.55. The molecule has 0 atom stereocenters. The Labute approximate surface area is 260 Å². The van der Waals surface area contributed by atoms with E-state index in [4.69, 9.17) is 21.3 Å². The molecule has 3 aliphatic rings. The van der Waals surface area contributed by atoms with Crippen LogP contribution in [0.4, 0.5) is 28.8 Å². The number of nitrogens with zero attached hydrogens (tertiary/aromatic N) is 5. The summed E-state index contributed by atoms with van der Waals surface area (Å²) >= 11 is 6.54. The molecule has 1 aliphatic carbocycles. The molecule has 2 N–H and O–H groups in total. The number of anilines is 5. The maximum absolute atomic E-state index is 13.4. The number of ether oxygens (including phenoxy) is 1. The van der Waals surface area contributed by atoms with Crippen molar-refractivity contribution in [2.24, 2.45) is 0 Å². The van der Waals surface area contributed by atoms with Crippen LogP contribution >= 0.6 is 18.7 Å². The highest BCUT2D eigenvalue weighted by molar-refractivity contribution is 7.70. The fourth-order valence-electron chi connectivity index (χ4n) is 6.78. The summed E-state index contributed by atoms with van der Waals surface area (Å²) in [5, 5.41) is 7.98. The van der Waals surface area contributed by atoms with E-state index in [1.807, 2.05) is 25.5 Å². The first-order chi connectivity index (χ1) is 20.7. The van der Waals surface area contributed by atoms with Crippen molar-refractivity contribution in [2.75, 3.05) is 82.3 Å². The second-order valence-electron chi connectivity index (χ2n) is 12.4. The number of benzene rings is 2. The summed E-state index contributed by atoms with van der Waals surface area (Å²) in [5.41, 5.74) is 5.22. The van der Waals surface area contributed by atoms with Gasteiger partial charge in [-0.15, -0.1) is 0 Å². The molecule has 230 valence electrons. The van der Waals surface area contributed by atoms with E-state index >= 15 is 0 Å². The van der Waals surface area contributed by atoms with Crippen LogP contribution in [0.2, 0.25) is 5.02 Å². The maximum atomic E-state index is 13.4. The largest absolute Gasteiger partial charge is 0.494 e. The van der Waals surface area contributed by atoms with Crippen molar-refractivity contribution in [3.63, 3.8) is 0 Å². The average Bonchev–Trinajstić information content (AvgIpc) is 3.47. The summed E-state index contributed by atoms with van der Waals surface area (Å²) in [4.78, 5) is 16.7. The summed E-state index contributed by atoms with van der Waals surface area (Å²) < 4.78 is 19.1. The van der Waals surface area contributed by atoms with Gasteiger partial charge in [-0.1, -0.05) is 17.7 Å². The Balaban J connectivity index is 1.16. The molecule has 0 radical (unpaired) electrons. The molecule has 11 heteroatoms. The Hall–Kier alpha value is -2.84. The van der Waals surface area contributed by atoms with E-state index in [1.54, 1.807) is 13.3 Å². The Morgan fingerprint density at radius 2 is 1.72 bits per heavy atom. The molecule has 3 aromatic rings. The van der Waals surface area contributed by atoms with Gasteiger partial charge in [0.2, 0.25) is 5.95 Å². The van der Waals surface area contributed by atoms with Gasteiger partial charge in [0.15, 0.2) is 5.82 Å². The molecule has 2 aliphatic heterocycles. The highest BCUT2D eigenvalue weighted by Gasteiger charge is 2.28. The number of aromatic nitrogens is 2. The zero-order valence-electron chi connectivity index (χ0n) is 25.7. The number of likely N-dealkylation sites (N-methyl/N-ethyl adjacent to an activating group) is 1. The Kier molecular flexibility index (Phi) is 8.88. The van der Waals surface area contributed by atoms with Gasteiger partial charge in [-0.25, -0.2) is 4.98 Å². The molecule has 6 rings (SSSR count). The second-order valence-corrected chi connectivity index (χ2v) is 15.9. The number of rotatable bonds is 8. The van der Waals surface area contributed by atoms with Crippen molar-refractivity contribution < 1.29 is 9.30 Å². The van der Waals surface area contributed by atoms with E-state index in [1.165, 1.54) is 37.1 Å². The second kappa shape index (κ2) is 12.6. The topological polar surface area (TPSA) is 85.9 Å². The Bertz CT molecular complexity index is 1510. The van der Waals surface area contributed by atoms with Crippen molar-refractivity contribution >= 4 is 52.9 Å². The van der Waals surface area contributed by atoms with Gasteiger partial charge in [0, 0.05) is 62.4 Å². The van der Waals surface area contributed by atoms with Crippen LogP contribution in [0.1, 0.15) is 30.4 Å². The monoisotopic (exact) mass is 623 g/mol. The fourth-order valence-corrected chi connectivity index (χ4v) is 8.54. The van der Waals surface area contributed by atoms with Crippen molar-refractivity contribution in [2.45, 2.75) is 38.1 Å². The van der Waals surface area contributed by atoms with Crippen molar-refractivity contribution in [3.05, 3.63) is 52.7 Å². The number of methoxy groups -OCH3 is 1. The van der Waals surface area contributed by atoms with E-state index in [0.717, 1.165) is 73.6 Å². The molecule has 9 nitrogen and oxygen atoms in total. The maximum Gasteiger partial charge on any atom is 0.229 e. The summed E-state index contributed by atoms with van der Waals surface area (Å²) in [5.74, 6) is 1.58. The van der Waals surface area contributed by atoms with Gasteiger partial charge in [-0.3, -0.25) is 4.90 Å². The highest BCUT2D eigenvalue weighted by Crippen LogP contribution is 2.43. The third kappa shape index (κ3) is 6.65. The highest BCUT2D eigenvalue weighted by atomic mass is 35.5. The van der Waals surface area contributed by atoms with Crippen molar-refractivity contribution in [1.82, 2.24) is 19.8 Å². The van der Waals surface area contributed by atoms with Crippen molar-refractivity contribution in [3.8, 4) is 5.75 Å². The van der Waals surface area contributed by atoms with Crippen LogP contribution in [0.5, 0.6) is 5.75 Å². The van der Waals surface area contributed by atoms with Crippen LogP contribution in [0.3, 0.4) is 0 Å². The summed E-state index contributed by atoms with van der Waals surface area (Å²) in [7, 11) is 1.35. The number of aryl methyl sites for hydroxylation is 1. The first-order valence-corrected chi connectivity index (χ1v) is 18.3. The third-order valence-corrected chi connectivity index (χ3v) is 11.0. The lowest BCUT2D eigenvalue weighted by atomic mass is 10.0. The lowest BCUT2D eigenvalue weighted by Crippen LogP contribution is -2.52. The number of nitrogens with one attached hydrogen (secondary N) is 2. The van der Waals surface area contributed by atoms with Crippen LogP contribution in [0, 0.1) is 0 Å². The van der Waals surface area contributed by atoms with Gasteiger partial charge < -0.3 is 29.7 Å². The predicted molar refractivity (Wildman–Crippen MR) is 178 cm³/mol. The van der Waals surface area contributed by atoms with Gasteiger partial charge >= 0.3 is 0 Å². The number of hydrogen-bond acceptors (Lipinski definition) is 9. The van der Waals surface area contributed by atoms with Crippen LogP contribution in [-0.2, 0) is 17.4 Å². The number of halogens is 1. The van der Waals surface area contributed by atoms with Crippen LogP contribution in [-0.4, -0.2) is 92.6 Å². The van der Waals surface area contributed by atoms with Gasteiger partial charge in [0.25, 0.3) is 0 Å². The lowest BCUT2D eigenvalue weighted by Gasteiger charge is -2.42. The molecular weight excluding hydrogens is 581 g/mol. The molecule has 1 aromatic heterocycles. The molecule has 2 saturated heterocycles. The van der Waals surface area contributed by atoms with E-state index in [-0.39, 0.29) is 0 Å². The van der Waals surface area contributed by atoms with Gasteiger partial charge in [0.05, 0.1) is 24.7 Å². The van der Waals surface area contributed by atoms with Crippen molar-refractivity contribution in [1.29, 1.82) is 0 Å². The Morgan fingerprint density at radius 3 is 2.44 bits per heavy atom.